The van der Waals surface area contributed by atoms with Crippen LogP contribution in [-0.4, -0.2) is 26.6 Å². The average molecular weight is 478 g/mol. The van der Waals surface area contributed by atoms with E-state index in [0.29, 0.717) is 5.69 Å². The number of nitrogens with one attached hydrogen (secondary N) is 1. The van der Waals surface area contributed by atoms with Crippen LogP contribution >= 0.6 is 15.9 Å². The van der Waals surface area contributed by atoms with E-state index in [-0.39, 0.29) is 11.4 Å². The van der Waals surface area contributed by atoms with E-state index in [0.717, 1.165) is 40.2 Å². The van der Waals surface area contributed by atoms with Gasteiger partial charge in [0, 0.05) is 10.2 Å². The zero-order chi connectivity index (χ0) is 20.7. The van der Waals surface area contributed by atoms with E-state index >= 15 is 0 Å². The smallest absolute Gasteiger partial charge is 0.264 e. The lowest BCUT2D eigenvalue weighted by atomic mass is 10.2. The molecule has 0 aliphatic heterocycles. The summed E-state index contributed by atoms with van der Waals surface area (Å²) in [6.45, 7) is -0.357. The Morgan fingerprint density at radius 1 is 1.00 bits per heavy atom. The average Bonchev–Trinajstić information content (AvgIpc) is 3.00. The summed E-state index contributed by atoms with van der Waals surface area (Å²) >= 11 is 3.37. The van der Waals surface area contributed by atoms with Crippen LogP contribution in [0.4, 0.5) is 5.69 Å². The van der Waals surface area contributed by atoms with Crippen molar-refractivity contribution in [2.45, 2.75) is 43.4 Å². The van der Waals surface area contributed by atoms with Crippen LogP contribution in [0.25, 0.3) is 0 Å². The molecule has 1 aliphatic carbocycles. The molecule has 2 aromatic carbocycles. The van der Waals surface area contributed by atoms with Crippen LogP contribution in [0.3, 0.4) is 0 Å². The Kier molecular flexibility index (Phi) is 7.44. The molecule has 1 amide bonds. The zero-order valence-corrected chi connectivity index (χ0v) is 18.5. The number of hydrogen-bond acceptors (Lipinski definition) is 4. The highest BCUT2D eigenvalue weighted by atomic mass is 79.9. The van der Waals surface area contributed by atoms with E-state index in [9.17, 15) is 13.2 Å². The van der Waals surface area contributed by atoms with Crippen molar-refractivity contribution in [2.75, 3.05) is 10.8 Å². The molecule has 6 nitrogen and oxygen atoms in total. The summed E-state index contributed by atoms with van der Waals surface area (Å²) in [5.74, 6) is -0.471. The van der Waals surface area contributed by atoms with Gasteiger partial charge in [-0.15, -0.1) is 0 Å². The molecule has 1 N–H and O–H groups in total. The van der Waals surface area contributed by atoms with Crippen molar-refractivity contribution in [3.8, 4) is 0 Å². The van der Waals surface area contributed by atoms with Gasteiger partial charge in [0.1, 0.15) is 6.54 Å². The van der Waals surface area contributed by atoms with Crippen molar-refractivity contribution in [1.29, 1.82) is 0 Å². The molecular formula is C21H24BrN3O3S. The van der Waals surface area contributed by atoms with E-state index in [1.165, 1.54) is 25.0 Å². The minimum atomic E-state index is -3.91. The molecule has 1 fully saturated rings. The standard InChI is InChI=1S/C21H24BrN3O3S/c22-17-9-8-12-19(15-17)25(29(27,28)20-13-6-3-7-14-20)16-21(26)24-23-18-10-4-1-2-5-11-18/h3,6-9,12-15H,1-2,4-5,10-11,16H2,(H,24,26). The van der Waals surface area contributed by atoms with Gasteiger partial charge in [-0.3, -0.25) is 9.10 Å². The largest absolute Gasteiger partial charge is 0.271 e. The van der Waals surface area contributed by atoms with Crippen LogP contribution in [0, 0.1) is 0 Å². The first kappa shape index (κ1) is 21.5. The number of sulfonamides is 1. The Bertz CT molecular complexity index is 968. The van der Waals surface area contributed by atoms with E-state index in [1.807, 2.05) is 0 Å². The number of halogens is 1. The maximum atomic E-state index is 13.2. The molecule has 0 atom stereocenters. The first-order valence-corrected chi connectivity index (χ1v) is 11.9. The number of amides is 1. The van der Waals surface area contributed by atoms with Gasteiger partial charge in [-0.25, -0.2) is 13.8 Å². The number of benzene rings is 2. The maximum Gasteiger partial charge on any atom is 0.264 e. The molecule has 0 bridgehead atoms. The second-order valence-corrected chi connectivity index (χ2v) is 9.71. The third-order valence-electron chi connectivity index (χ3n) is 4.73. The molecule has 1 aliphatic rings. The van der Waals surface area contributed by atoms with Crippen molar-refractivity contribution in [2.24, 2.45) is 5.10 Å². The molecule has 1 saturated carbocycles. The second-order valence-electron chi connectivity index (χ2n) is 6.93. The lowest BCUT2D eigenvalue weighted by Crippen LogP contribution is -2.39. The lowest BCUT2D eigenvalue weighted by molar-refractivity contribution is -0.119. The van der Waals surface area contributed by atoms with Crippen molar-refractivity contribution in [3.05, 3.63) is 59.1 Å². The van der Waals surface area contributed by atoms with Crippen LogP contribution in [0.2, 0.25) is 0 Å². The summed E-state index contributed by atoms with van der Waals surface area (Å²) in [6, 6.07) is 15.0. The Labute approximate surface area is 180 Å². The van der Waals surface area contributed by atoms with Gasteiger partial charge in [-0.1, -0.05) is 53.0 Å². The van der Waals surface area contributed by atoms with Crippen LogP contribution in [0.5, 0.6) is 0 Å². The van der Waals surface area contributed by atoms with Crippen molar-refractivity contribution < 1.29 is 13.2 Å². The molecular weight excluding hydrogens is 454 g/mol. The Hall–Kier alpha value is -2.19. The summed E-state index contributed by atoms with van der Waals surface area (Å²) < 4.78 is 28.3. The monoisotopic (exact) mass is 477 g/mol. The molecule has 0 heterocycles. The highest BCUT2D eigenvalue weighted by Gasteiger charge is 2.27. The molecule has 154 valence electrons. The molecule has 0 radical (unpaired) electrons. The van der Waals surface area contributed by atoms with Gasteiger partial charge < -0.3 is 0 Å². The number of rotatable bonds is 6. The maximum absolute atomic E-state index is 13.2. The quantitative estimate of drug-likeness (QED) is 0.492. The fourth-order valence-corrected chi connectivity index (χ4v) is 5.04. The molecule has 2 aromatic rings. The highest BCUT2D eigenvalue weighted by Crippen LogP contribution is 2.26. The fraction of sp³-hybridized carbons (Fsp3) is 0.333. The van der Waals surface area contributed by atoms with E-state index in [1.54, 1.807) is 42.5 Å². The topological polar surface area (TPSA) is 78.8 Å². The predicted molar refractivity (Wildman–Crippen MR) is 118 cm³/mol. The number of carbonyl (C=O) groups excluding carboxylic acids is 1. The van der Waals surface area contributed by atoms with Gasteiger partial charge in [0.05, 0.1) is 10.6 Å². The lowest BCUT2D eigenvalue weighted by Gasteiger charge is -2.24. The summed E-state index contributed by atoms with van der Waals surface area (Å²) in [4.78, 5) is 12.7. The molecule has 29 heavy (non-hydrogen) atoms. The van der Waals surface area contributed by atoms with Crippen LogP contribution in [0.15, 0.2) is 69.1 Å². The van der Waals surface area contributed by atoms with Crippen LogP contribution in [0.1, 0.15) is 38.5 Å². The minimum Gasteiger partial charge on any atom is -0.271 e. The van der Waals surface area contributed by atoms with Crippen molar-refractivity contribution >= 4 is 43.3 Å². The number of hydrogen-bond donors (Lipinski definition) is 1. The predicted octanol–water partition coefficient (Wildman–Crippen LogP) is 4.47. The summed E-state index contributed by atoms with van der Waals surface area (Å²) in [6.07, 6.45) is 6.25. The molecule has 0 aromatic heterocycles. The summed E-state index contributed by atoms with van der Waals surface area (Å²) in [5.41, 5.74) is 3.92. The van der Waals surface area contributed by atoms with Gasteiger partial charge in [-0.2, -0.15) is 5.10 Å². The number of carbonyl (C=O) groups is 1. The number of hydrazone groups is 1. The van der Waals surface area contributed by atoms with E-state index in [4.69, 9.17) is 0 Å². The fourth-order valence-electron chi connectivity index (χ4n) is 3.22. The number of nitrogens with zero attached hydrogens (tertiary/aromatic N) is 2. The Morgan fingerprint density at radius 3 is 2.34 bits per heavy atom. The Balaban J connectivity index is 1.84. The Morgan fingerprint density at radius 2 is 1.69 bits per heavy atom. The van der Waals surface area contributed by atoms with Gasteiger partial charge in [0.2, 0.25) is 0 Å². The van der Waals surface area contributed by atoms with Crippen molar-refractivity contribution in [3.63, 3.8) is 0 Å². The number of anilines is 1. The van der Waals surface area contributed by atoms with E-state index < -0.39 is 15.9 Å². The zero-order valence-electron chi connectivity index (χ0n) is 16.1. The highest BCUT2D eigenvalue weighted by molar-refractivity contribution is 9.10. The first-order chi connectivity index (χ1) is 14.0. The molecule has 0 saturated heterocycles. The molecule has 8 heteroatoms. The van der Waals surface area contributed by atoms with Gasteiger partial charge in [-0.05, 0) is 56.0 Å². The van der Waals surface area contributed by atoms with E-state index in [2.05, 4.69) is 26.5 Å². The van der Waals surface area contributed by atoms with Gasteiger partial charge in [0.25, 0.3) is 15.9 Å². The SMILES string of the molecule is O=C(CN(c1cccc(Br)c1)S(=O)(=O)c1ccccc1)NN=C1CCCCCC1. The third-order valence-corrected chi connectivity index (χ3v) is 7.02. The summed E-state index contributed by atoms with van der Waals surface area (Å²) in [7, 11) is -3.91. The molecule has 0 spiro atoms. The van der Waals surface area contributed by atoms with Gasteiger partial charge >= 0.3 is 0 Å². The normalized spacial score (nSPS) is 14.7. The third kappa shape index (κ3) is 5.90. The molecule has 3 rings (SSSR count). The minimum absolute atomic E-state index is 0.128. The first-order valence-electron chi connectivity index (χ1n) is 9.64. The van der Waals surface area contributed by atoms with Crippen LogP contribution in [-0.2, 0) is 14.8 Å². The molecule has 0 unspecified atom stereocenters. The summed E-state index contributed by atoms with van der Waals surface area (Å²) in [5, 5.41) is 4.25. The van der Waals surface area contributed by atoms with Crippen molar-refractivity contribution in [1.82, 2.24) is 5.43 Å². The van der Waals surface area contributed by atoms with Crippen LogP contribution < -0.4 is 9.73 Å². The van der Waals surface area contributed by atoms with Gasteiger partial charge in [0.15, 0.2) is 0 Å². The second kappa shape index (κ2) is 10.0.